The summed E-state index contributed by atoms with van der Waals surface area (Å²) in [5, 5.41) is 26.3. The zero-order valence-corrected chi connectivity index (χ0v) is 25.1. The molecule has 2 N–H and O–H groups in total. The first-order valence-corrected chi connectivity index (χ1v) is 14.2. The Balaban J connectivity index is 1.29. The Hall–Kier alpha value is -3.16. The van der Waals surface area contributed by atoms with Crippen LogP contribution in [0.2, 0.25) is 20.1 Å². The average Bonchev–Trinajstić information content (AvgIpc) is 2.92. The number of halogens is 4. The van der Waals surface area contributed by atoms with E-state index in [0.29, 0.717) is 46.3 Å². The van der Waals surface area contributed by atoms with E-state index in [0.717, 1.165) is 45.0 Å². The lowest BCUT2D eigenvalue weighted by atomic mass is 10.0. The van der Waals surface area contributed by atoms with Gasteiger partial charge in [0, 0.05) is 23.1 Å². The molecule has 10 heteroatoms. The highest BCUT2D eigenvalue weighted by Crippen LogP contribution is 2.31. The second kappa shape index (κ2) is 14.5. The van der Waals surface area contributed by atoms with Crippen LogP contribution >= 0.6 is 46.4 Å². The lowest BCUT2D eigenvalue weighted by Gasteiger charge is -2.08. The van der Waals surface area contributed by atoms with E-state index in [2.05, 4.69) is 55.4 Å². The number of aryl methyl sites for hydroxylation is 2. The molecule has 0 unspecified atom stereocenters. The largest absolute Gasteiger partial charge is 0.382 e. The summed E-state index contributed by atoms with van der Waals surface area (Å²) in [6.07, 6.45) is 0. The smallest absolute Gasteiger partial charge is 0.0882 e. The van der Waals surface area contributed by atoms with Crippen LogP contribution in [0.15, 0.2) is 93.3 Å². The molecule has 4 aromatic carbocycles. The van der Waals surface area contributed by atoms with Crippen molar-refractivity contribution in [1.82, 2.24) is 0 Å². The van der Waals surface area contributed by atoms with E-state index in [1.807, 2.05) is 38.1 Å². The molecule has 0 aliphatic heterocycles. The number of hydrogen-bond acceptors (Lipinski definition) is 6. The van der Waals surface area contributed by atoms with Crippen molar-refractivity contribution in [3.8, 4) is 11.1 Å². The molecule has 0 atom stereocenters. The number of nitrogens with one attached hydrogen (secondary N) is 2. The number of rotatable bonds is 11. The normalized spacial score (nSPS) is 11.4. The zero-order valence-electron chi connectivity index (χ0n) is 22.1. The Kier molecular flexibility index (Phi) is 10.8. The van der Waals surface area contributed by atoms with Crippen molar-refractivity contribution in [1.29, 1.82) is 0 Å². The summed E-state index contributed by atoms with van der Waals surface area (Å²) in [4.78, 5) is 0. The minimum atomic E-state index is 0.514. The second-order valence-electron chi connectivity index (χ2n) is 9.03. The Morgan fingerprint density at radius 2 is 0.975 bits per heavy atom. The van der Waals surface area contributed by atoms with E-state index in [4.69, 9.17) is 46.4 Å². The number of hydrogen-bond donors (Lipinski definition) is 2. The van der Waals surface area contributed by atoms with Crippen molar-refractivity contribution >= 4 is 69.2 Å². The highest BCUT2D eigenvalue weighted by atomic mass is 35.5. The summed E-state index contributed by atoms with van der Waals surface area (Å²) in [5.41, 5.74) is 7.61. The van der Waals surface area contributed by atoms with Gasteiger partial charge in [0.1, 0.15) is 0 Å². The minimum absolute atomic E-state index is 0.514. The van der Waals surface area contributed by atoms with Crippen LogP contribution in [-0.2, 0) is 0 Å². The number of azo groups is 2. The lowest BCUT2D eigenvalue weighted by Crippen LogP contribution is -2.04. The quantitative estimate of drug-likeness (QED) is 0.130. The van der Waals surface area contributed by atoms with Gasteiger partial charge in [0.05, 0.1) is 45.9 Å². The van der Waals surface area contributed by atoms with Crippen LogP contribution in [0.1, 0.15) is 11.1 Å². The first kappa shape index (κ1) is 29.8. The van der Waals surface area contributed by atoms with Crippen LogP contribution in [0, 0.1) is 13.8 Å². The van der Waals surface area contributed by atoms with Gasteiger partial charge in [-0.1, -0.05) is 58.5 Å². The van der Waals surface area contributed by atoms with Gasteiger partial charge in [-0.05, 0) is 96.8 Å². The fourth-order valence-corrected chi connectivity index (χ4v) is 4.84. The third-order valence-electron chi connectivity index (χ3n) is 6.00. The van der Waals surface area contributed by atoms with Crippen LogP contribution in [-0.4, -0.2) is 26.2 Å². The first-order chi connectivity index (χ1) is 19.3. The summed E-state index contributed by atoms with van der Waals surface area (Å²) in [6, 6.07) is 23.0. The molecule has 6 nitrogen and oxygen atoms in total. The molecule has 0 spiro atoms. The summed E-state index contributed by atoms with van der Waals surface area (Å²) < 4.78 is 0. The van der Waals surface area contributed by atoms with Gasteiger partial charge < -0.3 is 10.6 Å². The monoisotopic (exact) mass is 612 g/mol. The molecule has 206 valence electrons. The maximum Gasteiger partial charge on any atom is 0.0882 e. The summed E-state index contributed by atoms with van der Waals surface area (Å²) >= 11 is 24.2. The highest BCUT2D eigenvalue weighted by Gasteiger charge is 2.06. The molecule has 0 heterocycles. The Morgan fingerprint density at radius 1 is 0.550 bits per heavy atom. The lowest BCUT2D eigenvalue weighted by molar-refractivity contribution is 0.942. The van der Waals surface area contributed by atoms with Crippen LogP contribution in [0.3, 0.4) is 0 Å². The first-order valence-electron chi connectivity index (χ1n) is 12.6. The molecule has 4 rings (SSSR count). The summed E-state index contributed by atoms with van der Waals surface area (Å²) in [6.45, 7) is 6.31. The predicted molar refractivity (Wildman–Crippen MR) is 170 cm³/mol. The van der Waals surface area contributed by atoms with E-state index in [1.54, 1.807) is 24.3 Å². The molecule has 0 aliphatic rings. The van der Waals surface area contributed by atoms with Gasteiger partial charge in [-0.3, -0.25) is 0 Å². The standard InChI is InChI=1S/C30H28Cl4N6/c1-19-15-21(3-7-27(19)39-37-13-11-35-29-9-5-23(31)17-25(29)33)22-4-8-28(20(2)16-22)40-38-14-12-36-30-10-6-24(32)18-26(30)34/h3-10,15-18,35-36H,11-14H2,1-2H3. The molecule has 0 aromatic heterocycles. The average molecular weight is 614 g/mol. The van der Waals surface area contributed by atoms with Crippen LogP contribution < -0.4 is 10.6 Å². The van der Waals surface area contributed by atoms with Gasteiger partial charge in [-0.25, -0.2) is 0 Å². The molecule has 0 saturated carbocycles. The fourth-order valence-electron chi connectivity index (χ4n) is 3.89. The molecule has 40 heavy (non-hydrogen) atoms. The topological polar surface area (TPSA) is 73.5 Å². The van der Waals surface area contributed by atoms with Crippen LogP contribution in [0.25, 0.3) is 11.1 Å². The number of nitrogens with zero attached hydrogens (tertiary/aromatic N) is 4. The van der Waals surface area contributed by atoms with Crippen LogP contribution in [0.4, 0.5) is 22.7 Å². The van der Waals surface area contributed by atoms with E-state index in [-0.39, 0.29) is 0 Å². The maximum atomic E-state index is 6.18. The van der Waals surface area contributed by atoms with E-state index < -0.39 is 0 Å². The minimum Gasteiger partial charge on any atom is -0.382 e. The van der Waals surface area contributed by atoms with Crippen molar-refractivity contribution in [2.45, 2.75) is 13.8 Å². The second-order valence-corrected chi connectivity index (χ2v) is 10.7. The molecule has 0 radical (unpaired) electrons. The molecule has 0 amide bonds. The van der Waals surface area contributed by atoms with E-state index in [1.165, 1.54) is 0 Å². The number of anilines is 2. The SMILES string of the molecule is Cc1cc(-c2ccc(N=NCCNc3ccc(Cl)cc3Cl)c(C)c2)ccc1N=NCCNc1ccc(Cl)cc1Cl. The van der Waals surface area contributed by atoms with Gasteiger partial charge in [0.25, 0.3) is 0 Å². The molecule has 0 aliphatic carbocycles. The zero-order chi connectivity index (χ0) is 28.5. The molecule has 4 aromatic rings. The van der Waals surface area contributed by atoms with Crippen molar-refractivity contribution in [2.24, 2.45) is 20.5 Å². The molecule has 0 saturated heterocycles. The summed E-state index contributed by atoms with van der Waals surface area (Å²) in [7, 11) is 0. The highest BCUT2D eigenvalue weighted by molar-refractivity contribution is 6.36. The Labute approximate surface area is 254 Å². The van der Waals surface area contributed by atoms with Crippen molar-refractivity contribution < 1.29 is 0 Å². The van der Waals surface area contributed by atoms with Gasteiger partial charge in [-0.2, -0.15) is 20.5 Å². The number of benzene rings is 4. The Morgan fingerprint density at radius 3 is 1.35 bits per heavy atom. The van der Waals surface area contributed by atoms with Gasteiger partial charge in [-0.15, -0.1) is 0 Å². The third-order valence-corrected chi connectivity index (χ3v) is 7.10. The third kappa shape index (κ3) is 8.42. The predicted octanol–water partition coefficient (Wildman–Crippen LogP) is 11.0. The van der Waals surface area contributed by atoms with Gasteiger partial charge in [0.2, 0.25) is 0 Å². The maximum absolute atomic E-state index is 6.18. The Bertz CT molecular complexity index is 1420. The molecular weight excluding hydrogens is 586 g/mol. The fraction of sp³-hybridized carbons (Fsp3) is 0.200. The molecule has 0 bridgehead atoms. The van der Waals surface area contributed by atoms with E-state index in [9.17, 15) is 0 Å². The van der Waals surface area contributed by atoms with Gasteiger partial charge >= 0.3 is 0 Å². The molecular formula is C30H28Cl4N6. The van der Waals surface area contributed by atoms with Crippen molar-refractivity contribution in [3.63, 3.8) is 0 Å². The summed E-state index contributed by atoms with van der Waals surface area (Å²) in [5.74, 6) is 0. The van der Waals surface area contributed by atoms with Crippen molar-refractivity contribution in [3.05, 3.63) is 104 Å². The van der Waals surface area contributed by atoms with Crippen molar-refractivity contribution in [2.75, 3.05) is 36.8 Å². The van der Waals surface area contributed by atoms with E-state index >= 15 is 0 Å². The van der Waals surface area contributed by atoms with Crippen LogP contribution in [0.5, 0.6) is 0 Å². The van der Waals surface area contributed by atoms with Gasteiger partial charge in [0.15, 0.2) is 0 Å². The molecule has 0 fully saturated rings.